The molecule has 0 unspecified atom stereocenters. The molecule has 0 saturated heterocycles. The van der Waals surface area contributed by atoms with E-state index >= 15 is 0 Å². The molecule has 11 heavy (non-hydrogen) atoms. The number of hydrogen-bond donors (Lipinski definition) is 2. The Labute approximate surface area is 109 Å². The summed E-state index contributed by atoms with van der Waals surface area (Å²) in [4.78, 5) is 10.0. The third-order valence-corrected chi connectivity index (χ3v) is 1.63. The Morgan fingerprint density at radius 2 is 2.00 bits per heavy atom. The molecule has 0 bridgehead atoms. The van der Waals surface area contributed by atoms with Crippen LogP contribution in [-0.4, -0.2) is 24.6 Å². The number of carbonyl (C=O) groups excluding carboxylic acids is 1. The average Bonchev–Trinajstić information content (AvgIpc) is 1.59. The Bertz CT molecular complexity index is 217. The van der Waals surface area contributed by atoms with E-state index in [0.717, 1.165) is 0 Å². The van der Waals surface area contributed by atoms with Crippen molar-refractivity contribution in [3.05, 3.63) is 0 Å². The summed E-state index contributed by atoms with van der Waals surface area (Å²) in [7, 11) is -3.93. The molecule has 0 radical (unpaired) electrons. The quantitative estimate of drug-likeness (QED) is 0.365. The van der Waals surface area contributed by atoms with Gasteiger partial charge in [-0.3, -0.25) is 9.35 Å². The van der Waals surface area contributed by atoms with Crippen LogP contribution < -0.4 is 57.1 Å². The summed E-state index contributed by atoms with van der Waals surface area (Å²) < 4.78 is 28.2. The molecule has 62 valence electrons. The predicted molar refractivity (Wildman–Crippen MR) is 36.0 cm³/mol. The molecule has 0 aliphatic rings. The van der Waals surface area contributed by atoms with Crippen molar-refractivity contribution in [1.29, 1.82) is 0 Å². The molecule has 0 spiro atoms. The molecule has 5 nitrogen and oxygen atoms in total. The maximum atomic E-state index is 10.0. The first-order chi connectivity index (χ1) is 4.42. The first-order valence-electron chi connectivity index (χ1n) is 2.65. The average molecular weight is 207 g/mol. The molecule has 0 atom stereocenters. The predicted octanol–water partition coefficient (Wildman–Crippen LogP) is -3.74. The fourth-order valence-corrected chi connectivity index (χ4v) is 0.938. The number of rotatable bonds is 4. The minimum atomic E-state index is -3.93. The van der Waals surface area contributed by atoms with Gasteiger partial charge in [-0.1, -0.05) is 0 Å². The summed E-state index contributed by atoms with van der Waals surface area (Å²) in [6.45, 7) is 0. The van der Waals surface area contributed by atoms with Gasteiger partial charge in [-0.2, -0.15) is 8.42 Å². The van der Waals surface area contributed by atoms with Gasteiger partial charge in [0.15, 0.2) is 0 Å². The Balaban J connectivity index is -0.000000405. The van der Waals surface area contributed by atoms with Crippen molar-refractivity contribution >= 4 is 16.0 Å². The number of carbonyl (C=O) groups is 1. The zero-order valence-corrected chi connectivity index (χ0v) is 10.2. The molecule has 0 aliphatic heterocycles. The summed E-state index contributed by atoms with van der Waals surface area (Å²) in [5.74, 6) is -0.973. The van der Waals surface area contributed by atoms with Gasteiger partial charge < -0.3 is 7.16 Å². The number of amides is 1. The second kappa shape index (κ2) is 6.52. The van der Waals surface area contributed by atoms with Crippen molar-refractivity contribution in [3.63, 3.8) is 0 Å². The van der Waals surface area contributed by atoms with Gasteiger partial charge in [-0.05, 0) is 6.42 Å². The van der Waals surface area contributed by atoms with Crippen LogP contribution in [0.25, 0.3) is 0 Å². The van der Waals surface area contributed by atoms with Crippen molar-refractivity contribution < 1.29 is 70.6 Å². The van der Waals surface area contributed by atoms with Gasteiger partial charge in [0.25, 0.3) is 10.1 Å². The van der Waals surface area contributed by atoms with E-state index in [1.54, 1.807) is 0 Å². The number of hydrogen-bond acceptors (Lipinski definition) is 3. The Hall–Kier alpha value is 1.02. The van der Waals surface area contributed by atoms with Gasteiger partial charge in [0.1, 0.15) is 0 Å². The molecule has 0 saturated carbocycles. The maximum absolute atomic E-state index is 10.0. The maximum Gasteiger partial charge on any atom is 1.00 e. The van der Waals surface area contributed by atoms with E-state index in [4.69, 9.17) is 10.3 Å². The van der Waals surface area contributed by atoms with Crippen LogP contribution in [0.2, 0.25) is 0 Å². The van der Waals surface area contributed by atoms with Crippen LogP contribution in [0.15, 0.2) is 0 Å². The van der Waals surface area contributed by atoms with Crippen LogP contribution in [0.4, 0.5) is 0 Å². The first kappa shape index (κ1) is 14.5. The molecule has 0 rings (SSSR count). The summed E-state index contributed by atoms with van der Waals surface area (Å²) in [5, 5.41) is 0. The van der Waals surface area contributed by atoms with E-state index in [9.17, 15) is 13.2 Å². The van der Waals surface area contributed by atoms with Crippen LogP contribution >= 0.6 is 0 Å². The molecule has 0 aromatic carbocycles. The van der Waals surface area contributed by atoms with E-state index in [1.165, 1.54) is 0 Å². The van der Waals surface area contributed by atoms with Gasteiger partial charge >= 0.3 is 51.4 Å². The molecule has 1 amide bonds. The Morgan fingerprint density at radius 3 is 2.27 bits per heavy atom. The van der Waals surface area contributed by atoms with Crippen LogP contribution in [-0.2, 0) is 14.9 Å². The molecule has 0 aromatic heterocycles. The normalized spacial score (nSPS) is 10.3. The van der Waals surface area contributed by atoms with E-state index in [1.807, 2.05) is 0 Å². The molecule has 7 heteroatoms. The van der Waals surface area contributed by atoms with E-state index in [2.05, 4.69) is 0 Å². The minimum absolute atomic E-state index is 0. The van der Waals surface area contributed by atoms with E-state index in [-0.39, 0.29) is 65.7 Å². The zero-order chi connectivity index (χ0) is 8.20. The first-order valence-corrected chi connectivity index (χ1v) is 4.26. The van der Waals surface area contributed by atoms with Crippen LogP contribution in [0.5, 0.6) is 0 Å². The van der Waals surface area contributed by atoms with Crippen molar-refractivity contribution in [2.45, 2.75) is 12.8 Å². The molecule has 0 fully saturated rings. The summed E-state index contributed by atoms with van der Waals surface area (Å²) in [5.41, 5.74) is 4.71. The summed E-state index contributed by atoms with van der Waals surface area (Å²) >= 11 is 0. The largest absolute Gasteiger partial charge is 1.00 e. The van der Waals surface area contributed by atoms with E-state index in [0.29, 0.717) is 0 Å². The van der Waals surface area contributed by atoms with Gasteiger partial charge in [0.2, 0.25) is 5.91 Å². The van der Waals surface area contributed by atoms with Gasteiger partial charge in [-0.25, -0.2) is 0 Å². The van der Waals surface area contributed by atoms with Crippen molar-refractivity contribution in [3.8, 4) is 0 Å². The van der Waals surface area contributed by atoms with Crippen LogP contribution in [0.1, 0.15) is 14.3 Å². The SMILES string of the molecule is NC(=O)CCCS(=O)(=O)O.[H-].[K+]. The topological polar surface area (TPSA) is 97.5 Å². The third kappa shape index (κ3) is 13.9. The molecular formula is C4H10KNO4S. The smallest absolute Gasteiger partial charge is 1.00 e. The molecular weight excluding hydrogens is 197 g/mol. The Morgan fingerprint density at radius 1 is 1.55 bits per heavy atom. The number of nitrogens with two attached hydrogens (primary N) is 1. The monoisotopic (exact) mass is 207 g/mol. The second-order valence-electron chi connectivity index (χ2n) is 1.86. The van der Waals surface area contributed by atoms with Gasteiger partial charge in [0.05, 0.1) is 5.75 Å². The fourth-order valence-electron chi connectivity index (χ4n) is 0.429. The van der Waals surface area contributed by atoms with Crippen molar-refractivity contribution in [2.75, 3.05) is 5.75 Å². The molecule has 0 aliphatic carbocycles. The Kier molecular flexibility index (Phi) is 8.62. The second-order valence-corrected chi connectivity index (χ2v) is 3.43. The molecule has 0 aromatic rings. The van der Waals surface area contributed by atoms with Crippen LogP contribution in [0, 0.1) is 0 Å². The standard InChI is InChI=1S/C4H9NO4S.K.H/c5-4(6)2-1-3-10(7,8)9;;/h1-3H2,(H2,5,6)(H,7,8,9);;/q;+1;-1. The third-order valence-electron chi connectivity index (χ3n) is 0.825. The molecule has 0 heterocycles. The van der Waals surface area contributed by atoms with Gasteiger partial charge in [-0.15, -0.1) is 0 Å². The van der Waals surface area contributed by atoms with Crippen molar-refractivity contribution in [1.82, 2.24) is 0 Å². The minimum Gasteiger partial charge on any atom is -1.00 e. The molecule has 3 N–H and O–H groups in total. The summed E-state index contributed by atoms with van der Waals surface area (Å²) in [6, 6.07) is 0. The van der Waals surface area contributed by atoms with Crippen molar-refractivity contribution in [2.24, 2.45) is 5.73 Å². The zero-order valence-electron chi connectivity index (χ0n) is 7.28. The fraction of sp³-hybridized carbons (Fsp3) is 0.750. The van der Waals surface area contributed by atoms with Gasteiger partial charge in [0, 0.05) is 6.42 Å². The summed E-state index contributed by atoms with van der Waals surface area (Å²) in [6.07, 6.45) is 0.0634. The van der Waals surface area contributed by atoms with Crippen LogP contribution in [0.3, 0.4) is 0 Å². The number of primary amides is 1. The van der Waals surface area contributed by atoms with E-state index < -0.39 is 21.8 Å².